The van der Waals surface area contributed by atoms with Gasteiger partial charge in [0.25, 0.3) is 0 Å². The summed E-state index contributed by atoms with van der Waals surface area (Å²) in [5, 5.41) is 20.3. The zero-order valence-electron chi connectivity index (χ0n) is 11.1. The molecule has 3 aromatic rings. The molecule has 0 unspecified atom stereocenters. The number of methoxy groups -OCH3 is 1. The Morgan fingerprint density at radius 3 is 2.62 bits per heavy atom. The number of nitrogens with one attached hydrogen (secondary N) is 1. The van der Waals surface area contributed by atoms with Gasteiger partial charge in [-0.2, -0.15) is 0 Å². The lowest BCUT2D eigenvalue weighted by Gasteiger charge is -2.08. The summed E-state index contributed by atoms with van der Waals surface area (Å²) >= 11 is 0. The molecule has 0 aliphatic heterocycles. The molecular weight excluding hydrogens is 270 g/mol. The van der Waals surface area contributed by atoms with Crippen molar-refractivity contribution in [2.75, 3.05) is 7.11 Å². The standard InChI is InChI=1S/C16H11NO4/c1-21-11-5-4-10(19)13-14(11)15-12(16(13)20)8-6-7(18)2-3-9(8)17-15/h2-6,17-19H,1H3. The maximum Gasteiger partial charge on any atom is 0.200 e. The third kappa shape index (κ3) is 1.37. The average Bonchev–Trinajstić information content (AvgIpc) is 2.97. The number of H-pyrrole nitrogens is 1. The number of hydrogen-bond acceptors (Lipinski definition) is 4. The fourth-order valence-electron chi connectivity index (χ4n) is 2.95. The highest BCUT2D eigenvalue weighted by Crippen LogP contribution is 2.48. The SMILES string of the molecule is COc1ccc(O)c2c1-c1[nH]c3ccc(O)cc3c1C2=O. The Kier molecular flexibility index (Phi) is 2.14. The van der Waals surface area contributed by atoms with Crippen molar-refractivity contribution in [3.63, 3.8) is 0 Å². The van der Waals surface area contributed by atoms with E-state index >= 15 is 0 Å². The van der Waals surface area contributed by atoms with Crippen molar-refractivity contribution in [3.8, 4) is 28.5 Å². The zero-order valence-corrected chi connectivity index (χ0v) is 11.1. The van der Waals surface area contributed by atoms with E-state index in [1.807, 2.05) is 0 Å². The Labute approximate surface area is 119 Å². The van der Waals surface area contributed by atoms with Crippen LogP contribution in [0.5, 0.6) is 17.2 Å². The van der Waals surface area contributed by atoms with E-state index in [4.69, 9.17) is 4.74 Å². The van der Waals surface area contributed by atoms with E-state index in [0.717, 1.165) is 5.52 Å². The quantitative estimate of drug-likeness (QED) is 0.501. The number of aromatic nitrogens is 1. The molecule has 0 amide bonds. The fourth-order valence-corrected chi connectivity index (χ4v) is 2.95. The molecule has 0 atom stereocenters. The van der Waals surface area contributed by atoms with Crippen LogP contribution in [-0.4, -0.2) is 28.1 Å². The van der Waals surface area contributed by atoms with Crippen molar-refractivity contribution in [1.29, 1.82) is 0 Å². The molecule has 2 aromatic carbocycles. The number of phenols is 2. The Balaban J connectivity index is 2.16. The fraction of sp³-hybridized carbons (Fsp3) is 0.0625. The maximum absolute atomic E-state index is 12.6. The van der Waals surface area contributed by atoms with Crippen molar-refractivity contribution >= 4 is 16.7 Å². The first kappa shape index (κ1) is 11.8. The number of aromatic amines is 1. The topological polar surface area (TPSA) is 82.6 Å². The minimum absolute atomic E-state index is 0.0753. The summed E-state index contributed by atoms with van der Waals surface area (Å²) in [6, 6.07) is 7.88. The molecule has 1 heterocycles. The molecule has 5 nitrogen and oxygen atoms in total. The lowest BCUT2D eigenvalue weighted by molar-refractivity contribution is 0.104. The molecule has 104 valence electrons. The van der Waals surface area contributed by atoms with Gasteiger partial charge in [0.05, 0.1) is 29.5 Å². The van der Waals surface area contributed by atoms with Gasteiger partial charge in [0.15, 0.2) is 5.78 Å². The summed E-state index contributed by atoms with van der Waals surface area (Å²) in [5.74, 6) is 0.261. The molecule has 0 fully saturated rings. The predicted octanol–water partition coefficient (Wildman–Crippen LogP) is 2.80. The van der Waals surface area contributed by atoms with Gasteiger partial charge in [0, 0.05) is 10.9 Å². The normalized spacial score (nSPS) is 12.5. The van der Waals surface area contributed by atoms with Crippen LogP contribution >= 0.6 is 0 Å². The molecule has 0 spiro atoms. The Bertz CT molecular complexity index is 924. The van der Waals surface area contributed by atoms with Crippen LogP contribution in [-0.2, 0) is 0 Å². The van der Waals surface area contributed by atoms with Gasteiger partial charge in [-0.15, -0.1) is 0 Å². The first-order valence-electron chi connectivity index (χ1n) is 6.41. The summed E-state index contributed by atoms with van der Waals surface area (Å²) in [5.41, 5.74) is 2.62. The van der Waals surface area contributed by atoms with Gasteiger partial charge in [-0.1, -0.05) is 0 Å². The molecule has 21 heavy (non-hydrogen) atoms. The van der Waals surface area contributed by atoms with Crippen molar-refractivity contribution in [2.45, 2.75) is 0 Å². The number of carbonyl (C=O) groups is 1. The van der Waals surface area contributed by atoms with Crippen molar-refractivity contribution in [1.82, 2.24) is 4.98 Å². The van der Waals surface area contributed by atoms with E-state index in [2.05, 4.69) is 4.98 Å². The molecule has 1 aromatic heterocycles. The first-order chi connectivity index (χ1) is 10.1. The van der Waals surface area contributed by atoms with Crippen LogP contribution in [0.1, 0.15) is 15.9 Å². The van der Waals surface area contributed by atoms with E-state index < -0.39 is 0 Å². The molecule has 0 saturated heterocycles. The second-order valence-electron chi connectivity index (χ2n) is 4.97. The van der Waals surface area contributed by atoms with Gasteiger partial charge in [-0.25, -0.2) is 0 Å². The number of hydrogen-bond donors (Lipinski definition) is 3. The summed E-state index contributed by atoms with van der Waals surface area (Å²) in [6.07, 6.45) is 0. The lowest BCUT2D eigenvalue weighted by Crippen LogP contribution is -1.97. The highest BCUT2D eigenvalue weighted by molar-refractivity contribution is 6.29. The van der Waals surface area contributed by atoms with Gasteiger partial charge in [-0.05, 0) is 30.3 Å². The molecule has 3 N–H and O–H groups in total. The van der Waals surface area contributed by atoms with Crippen LogP contribution in [0.25, 0.3) is 22.2 Å². The highest BCUT2D eigenvalue weighted by atomic mass is 16.5. The minimum atomic E-state index is -0.270. The summed E-state index contributed by atoms with van der Waals surface area (Å²) < 4.78 is 5.30. The smallest absolute Gasteiger partial charge is 0.200 e. The van der Waals surface area contributed by atoms with Gasteiger partial charge in [0.2, 0.25) is 0 Å². The molecule has 1 aliphatic rings. The molecule has 0 bridgehead atoms. The van der Waals surface area contributed by atoms with Gasteiger partial charge in [0.1, 0.15) is 17.2 Å². The average molecular weight is 281 g/mol. The van der Waals surface area contributed by atoms with Gasteiger partial charge < -0.3 is 19.9 Å². The number of ether oxygens (including phenoxy) is 1. The number of phenolic OH excluding ortho intramolecular Hbond substituents is 2. The van der Waals surface area contributed by atoms with Crippen LogP contribution in [0.15, 0.2) is 30.3 Å². The molecule has 4 rings (SSSR count). The van der Waals surface area contributed by atoms with Crippen LogP contribution in [0.4, 0.5) is 0 Å². The van der Waals surface area contributed by atoms with Crippen LogP contribution in [0.3, 0.4) is 0 Å². The number of aromatic hydroxyl groups is 2. The third-order valence-corrected chi connectivity index (χ3v) is 3.85. The van der Waals surface area contributed by atoms with Crippen molar-refractivity contribution in [3.05, 3.63) is 41.5 Å². The second-order valence-corrected chi connectivity index (χ2v) is 4.97. The number of carbonyl (C=O) groups excluding carboxylic acids is 1. The monoisotopic (exact) mass is 281 g/mol. The van der Waals surface area contributed by atoms with Gasteiger partial charge >= 0.3 is 0 Å². The second kappa shape index (κ2) is 3.79. The Hall–Kier alpha value is -2.95. The maximum atomic E-state index is 12.6. The van der Waals surface area contributed by atoms with Crippen LogP contribution < -0.4 is 4.74 Å². The summed E-state index contributed by atoms with van der Waals surface area (Å²) in [4.78, 5) is 15.8. The Morgan fingerprint density at radius 2 is 1.86 bits per heavy atom. The molecular formula is C16H11NO4. The molecule has 0 saturated carbocycles. The molecule has 1 aliphatic carbocycles. The Morgan fingerprint density at radius 1 is 1.05 bits per heavy atom. The van der Waals surface area contributed by atoms with E-state index in [0.29, 0.717) is 28.0 Å². The van der Waals surface area contributed by atoms with E-state index in [-0.39, 0.29) is 22.8 Å². The summed E-state index contributed by atoms with van der Waals surface area (Å²) in [6.45, 7) is 0. The van der Waals surface area contributed by atoms with Gasteiger partial charge in [-0.3, -0.25) is 4.79 Å². The summed E-state index contributed by atoms with van der Waals surface area (Å²) in [7, 11) is 1.52. The van der Waals surface area contributed by atoms with Crippen molar-refractivity contribution in [2.24, 2.45) is 0 Å². The number of rotatable bonds is 1. The predicted molar refractivity (Wildman–Crippen MR) is 77.0 cm³/mol. The molecule has 0 radical (unpaired) electrons. The van der Waals surface area contributed by atoms with E-state index in [9.17, 15) is 15.0 Å². The van der Waals surface area contributed by atoms with Crippen LogP contribution in [0.2, 0.25) is 0 Å². The third-order valence-electron chi connectivity index (χ3n) is 3.85. The van der Waals surface area contributed by atoms with Crippen molar-refractivity contribution < 1.29 is 19.7 Å². The first-order valence-corrected chi connectivity index (χ1v) is 6.41. The highest BCUT2D eigenvalue weighted by Gasteiger charge is 2.35. The largest absolute Gasteiger partial charge is 0.508 e. The lowest BCUT2D eigenvalue weighted by atomic mass is 10.1. The number of fused-ring (bicyclic) bond motifs is 5. The van der Waals surface area contributed by atoms with E-state index in [1.165, 1.54) is 19.2 Å². The zero-order chi connectivity index (χ0) is 14.7. The number of ketones is 1. The van der Waals surface area contributed by atoms with E-state index in [1.54, 1.807) is 18.2 Å². The number of benzene rings is 2. The van der Waals surface area contributed by atoms with Crippen LogP contribution in [0, 0.1) is 0 Å². The minimum Gasteiger partial charge on any atom is -0.508 e. The molecule has 5 heteroatoms.